The second-order valence-electron chi connectivity index (χ2n) is 6.38. The second-order valence-corrected chi connectivity index (χ2v) is 6.38. The molecule has 0 aliphatic heterocycles. The first-order chi connectivity index (χ1) is 13.0. The number of ether oxygens (including phenoxy) is 1. The highest BCUT2D eigenvalue weighted by molar-refractivity contribution is 5.85. The standard InChI is InChI=1S/C20H19N5O2/c1-12-5-4-6-14(9-12)25-19-17(18(21)22-11-23-19)24(20(25)26)15-8-7-13(2)16(10-15)27-3/h4-11H,1-3H3,(H2,21,22,23). The van der Waals surface area contributed by atoms with Crippen molar-refractivity contribution in [3.63, 3.8) is 0 Å². The third kappa shape index (κ3) is 2.64. The predicted molar refractivity (Wildman–Crippen MR) is 105 cm³/mol. The Kier molecular flexibility index (Phi) is 3.92. The molecule has 27 heavy (non-hydrogen) atoms. The van der Waals surface area contributed by atoms with E-state index in [1.807, 2.05) is 56.3 Å². The summed E-state index contributed by atoms with van der Waals surface area (Å²) in [7, 11) is 1.60. The van der Waals surface area contributed by atoms with Gasteiger partial charge in [0.15, 0.2) is 11.5 Å². The van der Waals surface area contributed by atoms with Crippen LogP contribution in [0.4, 0.5) is 5.82 Å². The van der Waals surface area contributed by atoms with Gasteiger partial charge in [-0.15, -0.1) is 0 Å². The molecule has 0 amide bonds. The molecule has 7 heteroatoms. The van der Waals surface area contributed by atoms with E-state index in [0.717, 1.165) is 16.8 Å². The molecule has 0 saturated heterocycles. The van der Waals surface area contributed by atoms with Crippen LogP contribution in [0.1, 0.15) is 11.1 Å². The molecular weight excluding hydrogens is 342 g/mol. The summed E-state index contributed by atoms with van der Waals surface area (Å²) in [4.78, 5) is 21.8. The highest BCUT2D eigenvalue weighted by atomic mass is 16.5. The summed E-state index contributed by atoms with van der Waals surface area (Å²) >= 11 is 0. The van der Waals surface area contributed by atoms with Crippen LogP contribution < -0.4 is 16.2 Å². The summed E-state index contributed by atoms with van der Waals surface area (Å²) in [6.07, 6.45) is 1.36. The minimum atomic E-state index is -0.270. The Morgan fingerprint density at radius 3 is 2.52 bits per heavy atom. The molecule has 7 nitrogen and oxygen atoms in total. The van der Waals surface area contributed by atoms with E-state index in [4.69, 9.17) is 10.5 Å². The van der Waals surface area contributed by atoms with E-state index in [-0.39, 0.29) is 11.5 Å². The van der Waals surface area contributed by atoms with Crippen LogP contribution in [0.5, 0.6) is 5.75 Å². The van der Waals surface area contributed by atoms with E-state index < -0.39 is 0 Å². The Morgan fingerprint density at radius 2 is 1.78 bits per heavy atom. The maximum Gasteiger partial charge on any atom is 0.339 e. The topological polar surface area (TPSA) is 88.0 Å². The lowest BCUT2D eigenvalue weighted by atomic mass is 10.2. The summed E-state index contributed by atoms with van der Waals surface area (Å²) in [6, 6.07) is 13.2. The molecule has 0 atom stereocenters. The maximum absolute atomic E-state index is 13.4. The molecule has 0 radical (unpaired) electrons. The summed E-state index contributed by atoms with van der Waals surface area (Å²) in [6.45, 7) is 3.92. The highest BCUT2D eigenvalue weighted by Crippen LogP contribution is 2.26. The van der Waals surface area contributed by atoms with Crippen molar-refractivity contribution < 1.29 is 4.74 Å². The van der Waals surface area contributed by atoms with Crippen molar-refractivity contribution in [2.45, 2.75) is 13.8 Å². The van der Waals surface area contributed by atoms with Crippen molar-refractivity contribution in [3.05, 3.63) is 70.4 Å². The zero-order valence-electron chi connectivity index (χ0n) is 15.3. The molecule has 0 spiro atoms. The van der Waals surface area contributed by atoms with E-state index >= 15 is 0 Å². The van der Waals surface area contributed by atoms with Gasteiger partial charge in [-0.1, -0.05) is 18.2 Å². The lowest BCUT2D eigenvalue weighted by Crippen LogP contribution is -2.22. The molecule has 2 N–H and O–H groups in total. The normalized spacial score (nSPS) is 11.1. The number of aryl methyl sites for hydroxylation is 2. The molecule has 0 aliphatic rings. The molecule has 0 unspecified atom stereocenters. The van der Waals surface area contributed by atoms with Gasteiger partial charge in [0.2, 0.25) is 0 Å². The number of rotatable bonds is 3. The van der Waals surface area contributed by atoms with Crippen LogP contribution in [-0.2, 0) is 0 Å². The Morgan fingerprint density at radius 1 is 1.00 bits per heavy atom. The van der Waals surface area contributed by atoms with Crippen molar-refractivity contribution in [1.29, 1.82) is 0 Å². The number of nitrogen functional groups attached to an aromatic ring is 1. The number of fused-ring (bicyclic) bond motifs is 1. The van der Waals surface area contributed by atoms with E-state index in [2.05, 4.69) is 9.97 Å². The predicted octanol–water partition coefficient (Wildman–Crippen LogP) is 2.78. The van der Waals surface area contributed by atoms with Crippen molar-refractivity contribution in [2.75, 3.05) is 12.8 Å². The number of nitrogens with two attached hydrogens (primary N) is 1. The van der Waals surface area contributed by atoms with Crippen LogP contribution in [0.3, 0.4) is 0 Å². The molecule has 2 aromatic heterocycles. The van der Waals surface area contributed by atoms with Gasteiger partial charge in [-0.05, 0) is 43.2 Å². The highest BCUT2D eigenvalue weighted by Gasteiger charge is 2.20. The summed E-state index contributed by atoms with van der Waals surface area (Å²) < 4.78 is 8.48. The average Bonchev–Trinajstić information content (AvgIpc) is 2.95. The minimum Gasteiger partial charge on any atom is -0.496 e. The lowest BCUT2D eigenvalue weighted by molar-refractivity contribution is 0.411. The fraction of sp³-hybridized carbons (Fsp3) is 0.150. The number of imidazole rings is 1. The molecule has 0 saturated carbocycles. The van der Waals surface area contributed by atoms with E-state index in [1.54, 1.807) is 11.7 Å². The minimum absolute atomic E-state index is 0.239. The van der Waals surface area contributed by atoms with Crippen molar-refractivity contribution >= 4 is 17.0 Å². The number of anilines is 1. The van der Waals surface area contributed by atoms with Crippen LogP contribution in [0.2, 0.25) is 0 Å². The molecular formula is C20H19N5O2. The Labute approximate surface area is 155 Å². The van der Waals surface area contributed by atoms with Gasteiger partial charge in [-0.3, -0.25) is 4.57 Å². The monoisotopic (exact) mass is 361 g/mol. The van der Waals surface area contributed by atoms with Crippen molar-refractivity contribution in [3.8, 4) is 17.1 Å². The Hall–Kier alpha value is -3.61. The molecule has 2 aromatic carbocycles. The van der Waals surface area contributed by atoms with Gasteiger partial charge in [0.25, 0.3) is 0 Å². The fourth-order valence-electron chi connectivity index (χ4n) is 3.23. The van der Waals surface area contributed by atoms with E-state index in [9.17, 15) is 4.79 Å². The Balaban J connectivity index is 2.11. The van der Waals surface area contributed by atoms with E-state index in [0.29, 0.717) is 22.6 Å². The lowest BCUT2D eigenvalue weighted by Gasteiger charge is -2.09. The van der Waals surface area contributed by atoms with Crippen molar-refractivity contribution in [2.24, 2.45) is 0 Å². The second kappa shape index (κ2) is 6.28. The fourth-order valence-corrected chi connectivity index (χ4v) is 3.23. The first kappa shape index (κ1) is 16.8. The van der Waals surface area contributed by atoms with Crippen LogP contribution >= 0.6 is 0 Å². The van der Waals surface area contributed by atoms with E-state index in [1.165, 1.54) is 10.9 Å². The molecule has 0 bridgehead atoms. The number of hydrogen-bond donors (Lipinski definition) is 1. The summed E-state index contributed by atoms with van der Waals surface area (Å²) in [5, 5.41) is 0. The van der Waals surface area contributed by atoms with Crippen LogP contribution in [-0.4, -0.2) is 26.2 Å². The largest absolute Gasteiger partial charge is 0.496 e. The number of hydrogen-bond acceptors (Lipinski definition) is 5. The van der Waals surface area contributed by atoms with Gasteiger partial charge in [-0.2, -0.15) is 0 Å². The third-order valence-corrected chi connectivity index (χ3v) is 4.56. The zero-order chi connectivity index (χ0) is 19.1. The van der Waals surface area contributed by atoms with Gasteiger partial charge in [0.05, 0.1) is 18.5 Å². The molecule has 0 fully saturated rings. The third-order valence-electron chi connectivity index (χ3n) is 4.56. The SMILES string of the molecule is COc1cc(-n2c(=O)n(-c3cccc(C)c3)c3ncnc(N)c32)ccc1C. The molecule has 4 aromatic rings. The average molecular weight is 361 g/mol. The first-order valence-corrected chi connectivity index (χ1v) is 8.47. The van der Waals surface area contributed by atoms with Crippen molar-refractivity contribution in [1.82, 2.24) is 19.1 Å². The molecule has 136 valence electrons. The van der Waals surface area contributed by atoms with Gasteiger partial charge >= 0.3 is 5.69 Å². The first-order valence-electron chi connectivity index (χ1n) is 8.47. The quantitative estimate of drug-likeness (QED) is 0.606. The Bertz CT molecular complexity index is 1220. The smallest absolute Gasteiger partial charge is 0.339 e. The van der Waals surface area contributed by atoms with Gasteiger partial charge in [0.1, 0.15) is 17.6 Å². The summed E-state index contributed by atoms with van der Waals surface area (Å²) in [5.74, 6) is 0.925. The van der Waals surface area contributed by atoms with Gasteiger partial charge in [-0.25, -0.2) is 19.3 Å². The maximum atomic E-state index is 13.4. The number of methoxy groups -OCH3 is 1. The van der Waals surface area contributed by atoms with Crippen LogP contribution in [0, 0.1) is 13.8 Å². The molecule has 0 aliphatic carbocycles. The molecule has 4 rings (SSSR count). The molecule has 2 heterocycles. The zero-order valence-corrected chi connectivity index (χ0v) is 15.3. The van der Waals surface area contributed by atoms with Crippen LogP contribution in [0.15, 0.2) is 53.6 Å². The van der Waals surface area contributed by atoms with Crippen LogP contribution in [0.25, 0.3) is 22.5 Å². The van der Waals surface area contributed by atoms with Gasteiger partial charge < -0.3 is 10.5 Å². The van der Waals surface area contributed by atoms with Gasteiger partial charge in [0, 0.05) is 6.07 Å². The number of nitrogens with zero attached hydrogens (tertiary/aromatic N) is 4. The number of aromatic nitrogens is 4. The number of benzene rings is 2. The summed E-state index contributed by atoms with van der Waals surface area (Å²) in [5.41, 5.74) is 10.2.